The summed E-state index contributed by atoms with van der Waals surface area (Å²) in [6.07, 6.45) is 3.23. The maximum atomic E-state index is 12.6. The summed E-state index contributed by atoms with van der Waals surface area (Å²) in [5.41, 5.74) is 0.625. The van der Waals surface area contributed by atoms with Crippen molar-refractivity contribution in [3.05, 3.63) is 18.0 Å². The van der Waals surface area contributed by atoms with Gasteiger partial charge in [-0.15, -0.1) is 0 Å². The molecule has 2 rings (SSSR count). The standard InChI is InChI=1S/C14H24N2O4S/c1-3-15-10-14(9-12(15)11-17)21(18,19)16-7-5-13(6-8-16)20-4-2/h9-10,13,17H,3-8,11H2,1-2H3. The predicted octanol–water partition coefficient (Wildman–Crippen LogP) is 1.19. The van der Waals surface area contributed by atoms with Crippen molar-refractivity contribution in [1.82, 2.24) is 8.87 Å². The monoisotopic (exact) mass is 316 g/mol. The van der Waals surface area contributed by atoms with Crippen molar-refractivity contribution in [2.24, 2.45) is 0 Å². The van der Waals surface area contributed by atoms with E-state index in [0.29, 0.717) is 31.9 Å². The Bertz CT molecular complexity index is 538. The fourth-order valence-corrected chi connectivity index (χ4v) is 4.25. The van der Waals surface area contributed by atoms with Crippen LogP contribution in [0.1, 0.15) is 32.4 Å². The summed E-state index contributed by atoms with van der Waals surface area (Å²) >= 11 is 0. The smallest absolute Gasteiger partial charge is 0.244 e. The summed E-state index contributed by atoms with van der Waals surface area (Å²) in [7, 11) is -3.48. The number of aromatic nitrogens is 1. The van der Waals surface area contributed by atoms with Crippen molar-refractivity contribution in [2.45, 2.75) is 50.8 Å². The minimum atomic E-state index is -3.48. The number of rotatable bonds is 6. The van der Waals surface area contributed by atoms with Gasteiger partial charge in [-0.05, 0) is 32.8 Å². The van der Waals surface area contributed by atoms with Crippen molar-refractivity contribution in [2.75, 3.05) is 19.7 Å². The van der Waals surface area contributed by atoms with E-state index in [0.717, 1.165) is 12.8 Å². The molecule has 1 saturated heterocycles. The molecule has 0 radical (unpaired) electrons. The van der Waals surface area contributed by atoms with E-state index in [4.69, 9.17) is 4.74 Å². The number of nitrogens with zero attached hydrogens (tertiary/aromatic N) is 2. The molecule has 0 saturated carbocycles. The molecular weight excluding hydrogens is 292 g/mol. The lowest BCUT2D eigenvalue weighted by Gasteiger charge is -2.30. The van der Waals surface area contributed by atoms with Crippen LogP contribution in [-0.2, 0) is 27.9 Å². The Labute approximate surface area is 126 Å². The van der Waals surface area contributed by atoms with Crippen molar-refractivity contribution in [1.29, 1.82) is 0 Å². The van der Waals surface area contributed by atoms with Crippen LogP contribution in [-0.4, -0.2) is 48.2 Å². The number of hydrogen-bond acceptors (Lipinski definition) is 4. The summed E-state index contributed by atoms with van der Waals surface area (Å²) in [6.45, 7) is 5.98. The van der Waals surface area contributed by atoms with Crippen LogP contribution >= 0.6 is 0 Å². The van der Waals surface area contributed by atoms with Crippen LogP contribution in [0.3, 0.4) is 0 Å². The highest BCUT2D eigenvalue weighted by atomic mass is 32.2. The zero-order valence-corrected chi connectivity index (χ0v) is 13.5. The fraction of sp³-hybridized carbons (Fsp3) is 0.714. The second kappa shape index (κ2) is 6.91. The van der Waals surface area contributed by atoms with Gasteiger partial charge in [-0.2, -0.15) is 4.31 Å². The van der Waals surface area contributed by atoms with Gasteiger partial charge in [0.25, 0.3) is 0 Å². The van der Waals surface area contributed by atoms with Gasteiger partial charge in [0.1, 0.15) is 4.90 Å². The molecule has 0 aliphatic carbocycles. The van der Waals surface area contributed by atoms with E-state index < -0.39 is 10.0 Å². The van der Waals surface area contributed by atoms with Crippen LogP contribution in [0.15, 0.2) is 17.2 Å². The van der Waals surface area contributed by atoms with Crippen LogP contribution in [0, 0.1) is 0 Å². The Balaban J connectivity index is 2.13. The predicted molar refractivity (Wildman–Crippen MR) is 79.4 cm³/mol. The van der Waals surface area contributed by atoms with E-state index >= 15 is 0 Å². The molecule has 21 heavy (non-hydrogen) atoms. The topological polar surface area (TPSA) is 71.8 Å². The van der Waals surface area contributed by atoms with Crippen LogP contribution in [0.2, 0.25) is 0 Å². The van der Waals surface area contributed by atoms with Gasteiger partial charge in [0, 0.05) is 38.1 Å². The third kappa shape index (κ3) is 3.48. The quantitative estimate of drug-likeness (QED) is 0.856. The zero-order valence-electron chi connectivity index (χ0n) is 12.7. The van der Waals surface area contributed by atoms with Gasteiger partial charge < -0.3 is 14.4 Å². The number of aliphatic hydroxyl groups excluding tert-OH is 1. The van der Waals surface area contributed by atoms with Gasteiger partial charge in [0.05, 0.1) is 12.7 Å². The molecule has 0 aromatic carbocycles. The fourth-order valence-electron chi connectivity index (χ4n) is 2.72. The molecular formula is C14H24N2O4S. The van der Waals surface area contributed by atoms with Crippen molar-refractivity contribution < 1.29 is 18.3 Å². The van der Waals surface area contributed by atoms with Gasteiger partial charge in [0.15, 0.2) is 0 Å². The molecule has 1 aromatic heterocycles. The van der Waals surface area contributed by atoms with Crippen LogP contribution in [0.25, 0.3) is 0 Å². The van der Waals surface area contributed by atoms with E-state index in [1.165, 1.54) is 4.31 Å². The molecule has 0 bridgehead atoms. The summed E-state index contributed by atoms with van der Waals surface area (Å²) in [6, 6.07) is 1.56. The summed E-state index contributed by atoms with van der Waals surface area (Å²) in [5.74, 6) is 0. The molecule has 120 valence electrons. The first-order valence-electron chi connectivity index (χ1n) is 7.44. The number of sulfonamides is 1. The molecule has 7 heteroatoms. The van der Waals surface area contributed by atoms with Gasteiger partial charge in [-0.1, -0.05) is 0 Å². The van der Waals surface area contributed by atoms with Crippen molar-refractivity contribution >= 4 is 10.0 Å². The number of hydrogen-bond donors (Lipinski definition) is 1. The van der Waals surface area contributed by atoms with Crippen molar-refractivity contribution in [3.63, 3.8) is 0 Å². The van der Waals surface area contributed by atoms with Gasteiger partial charge in [-0.25, -0.2) is 8.42 Å². The molecule has 1 fully saturated rings. The average molecular weight is 316 g/mol. The Kier molecular flexibility index (Phi) is 5.43. The Hall–Kier alpha value is -0.890. The van der Waals surface area contributed by atoms with Crippen LogP contribution in [0.5, 0.6) is 0 Å². The van der Waals surface area contributed by atoms with Crippen LogP contribution in [0.4, 0.5) is 0 Å². The van der Waals surface area contributed by atoms with Gasteiger partial charge >= 0.3 is 0 Å². The first kappa shape index (κ1) is 16.5. The Morgan fingerprint density at radius 2 is 2.00 bits per heavy atom. The molecule has 1 aliphatic rings. The van der Waals surface area contributed by atoms with E-state index in [1.807, 2.05) is 13.8 Å². The van der Waals surface area contributed by atoms with Crippen LogP contribution < -0.4 is 0 Å². The largest absolute Gasteiger partial charge is 0.390 e. The molecule has 0 amide bonds. The van der Waals surface area contributed by atoms with Gasteiger partial charge in [-0.3, -0.25) is 0 Å². The summed E-state index contributed by atoms with van der Waals surface area (Å²) in [4.78, 5) is 0.267. The van der Waals surface area contributed by atoms with E-state index in [1.54, 1.807) is 16.8 Å². The molecule has 6 nitrogen and oxygen atoms in total. The third-order valence-electron chi connectivity index (χ3n) is 3.90. The highest BCUT2D eigenvalue weighted by Crippen LogP contribution is 2.23. The minimum absolute atomic E-state index is 0.157. The molecule has 0 spiro atoms. The number of ether oxygens (including phenoxy) is 1. The second-order valence-corrected chi connectivity index (χ2v) is 7.11. The summed E-state index contributed by atoms with van der Waals surface area (Å²) < 4.78 is 34.1. The Morgan fingerprint density at radius 3 is 2.48 bits per heavy atom. The lowest BCUT2D eigenvalue weighted by Crippen LogP contribution is -2.40. The van der Waals surface area contributed by atoms with E-state index in [2.05, 4.69) is 0 Å². The minimum Gasteiger partial charge on any atom is -0.390 e. The number of piperidine rings is 1. The highest BCUT2D eigenvalue weighted by Gasteiger charge is 2.30. The normalized spacial score (nSPS) is 18.2. The van der Waals surface area contributed by atoms with Crippen molar-refractivity contribution in [3.8, 4) is 0 Å². The molecule has 1 aliphatic heterocycles. The summed E-state index contributed by atoms with van der Waals surface area (Å²) in [5, 5.41) is 9.29. The molecule has 2 heterocycles. The highest BCUT2D eigenvalue weighted by molar-refractivity contribution is 7.89. The Morgan fingerprint density at radius 1 is 1.33 bits per heavy atom. The average Bonchev–Trinajstić information content (AvgIpc) is 2.92. The number of aryl methyl sites for hydroxylation is 1. The van der Waals surface area contributed by atoms with E-state index in [-0.39, 0.29) is 17.6 Å². The SMILES string of the molecule is CCOC1CCN(S(=O)(=O)c2cc(CO)n(CC)c2)CC1. The lowest BCUT2D eigenvalue weighted by molar-refractivity contribution is 0.0290. The third-order valence-corrected chi connectivity index (χ3v) is 5.77. The zero-order chi connectivity index (χ0) is 15.5. The molecule has 0 atom stereocenters. The van der Waals surface area contributed by atoms with E-state index in [9.17, 15) is 13.5 Å². The first-order valence-corrected chi connectivity index (χ1v) is 8.88. The second-order valence-electron chi connectivity index (χ2n) is 5.17. The van der Waals surface area contributed by atoms with Gasteiger partial charge in [0.2, 0.25) is 10.0 Å². The maximum absolute atomic E-state index is 12.6. The molecule has 1 aromatic rings. The molecule has 1 N–H and O–H groups in total. The molecule has 0 unspecified atom stereocenters. The lowest BCUT2D eigenvalue weighted by atomic mass is 10.1. The maximum Gasteiger partial charge on any atom is 0.244 e. The first-order chi connectivity index (χ1) is 10.0. The number of aliphatic hydroxyl groups is 1.